The predicted octanol–water partition coefficient (Wildman–Crippen LogP) is 3.12. The van der Waals surface area contributed by atoms with E-state index in [1.807, 2.05) is 6.07 Å². The highest BCUT2D eigenvalue weighted by Crippen LogP contribution is 2.22. The van der Waals surface area contributed by atoms with Crippen LogP contribution in [0.3, 0.4) is 0 Å². The van der Waals surface area contributed by atoms with Crippen LogP contribution >= 0.6 is 15.9 Å². The molecule has 1 atom stereocenters. The van der Waals surface area contributed by atoms with Crippen LogP contribution in [-0.4, -0.2) is 29.0 Å². The van der Waals surface area contributed by atoms with E-state index in [0.717, 1.165) is 16.9 Å². The number of halogens is 1. The molecule has 0 aromatic carbocycles. The van der Waals surface area contributed by atoms with Crippen molar-refractivity contribution in [3.05, 3.63) is 28.5 Å². The van der Waals surface area contributed by atoms with E-state index in [-0.39, 0.29) is 0 Å². The minimum atomic E-state index is 0.681. The third-order valence-electron chi connectivity index (χ3n) is 3.32. The molecule has 0 bridgehead atoms. The van der Waals surface area contributed by atoms with Gasteiger partial charge in [0.1, 0.15) is 4.60 Å². The van der Waals surface area contributed by atoms with E-state index in [9.17, 15) is 0 Å². The maximum Gasteiger partial charge on any atom is 0.106 e. The van der Waals surface area contributed by atoms with Gasteiger partial charge in [-0.25, -0.2) is 4.98 Å². The Kier molecular flexibility index (Phi) is 3.98. The number of nitrogens with zero attached hydrogens (tertiary/aromatic N) is 2. The van der Waals surface area contributed by atoms with Gasteiger partial charge in [0.25, 0.3) is 0 Å². The Hall–Kier alpha value is -0.410. The van der Waals surface area contributed by atoms with Gasteiger partial charge in [-0.05, 0) is 67.2 Å². The summed E-state index contributed by atoms with van der Waals surface area (Å²) in [5, 5.41) is 0. The lowest BCUT2D eigenvalue weighted by Crippen LogP contribution is -2.28. The summed E-state index contributed by atoms with van der Waals surface area (Å²) in [5.41, 5.74) is 1.21. The van der Waals surface area contributed by atoms with Gasteiger partial charge in [0, 0.05) is 18.3 Å². The highest BCUT2D eigenvalue weighted by Gasteiger charge is 2.24. The van der Waals surface area contributed by atoms with E-state index in [4.69, 9.17) is 0 Å². The van der Waals surface area contributed by atoms with Crippen molar-refractivity contribution in [2.45, 2.75) is 32.7 Å². The van der Waals surface area contributed by atoms with Crippen LogP contribution in [-0.2, 0) is 6.42 Å². The van der Waals surface area contributed by atoms with Crippen LogP contribution in [0.1, 0.15) is 26.0 Å². The molecule has 0 amide bonds. The predicted molar refractivity (Wildman–Crippen MR) is 70.5 cm³/mol. The van der Waals surface area contributed by atoms with Crippen molar-refractivity contribution < 1.29 is 0 Å². The lowest BCUT2D eigenvalue weighted by atomic mass is 10.0. The standard InChI is InChI=1S/C13H19BrN2/c1-10(2)16-7-6-11(9-16)8-12-4-3-5-13(14)15-12/h3-5,10-11H,6-9H2,1-2H3/t11-/m0/s1. The van der Waals surface area contributed by atoms with Crippen molar-refractivity contribution >= 4 is 15.9 Å². The molecule has 2 rings (SSSR count). The Balaban J connectivity index is 1.92. The van der Waals surface area contributed by atoms with Gasteiger partial charge >= 0.3 is 0 Å². The number of pyridine rings is 1. The van der Waals surface area contributed by atoms with Crippen molar-refractivity contribution in [1.29, 1.82) is 0 Å². The Labute approximate surface area is 106 Å². The fraction of sp³-hybridized carbons (Fsp3) is 0.615. The van der Waals surface area contributed by atoms with Gasteiger partial charge in [-0.2, -0.15) is 0 Å². The summed E-state index contributed by atoms with van der Waals surface area (Å²) in [6.07, 6.45) is 2.43. The molecule has 0 spiro atoms. The van der Waals surface area contributed by atoms with Gasteiger partial charge in [0.15, 0.2) is 0 Å². The van der Waals surface area contributed by atoms with E-state index >= 15 is 0 Å². The molecule has 0 saturated carbocycles. The molecule has 2 nitrogen and oxygen atoms in total. The monoisotopic (exact) mass is 282 g/mol. The first-order valence-corrected chi connectivity index (χ1v) is 6.80. The topological polar surface area (TPSA) is 16.1 Å². The molecule has 1 aromatic heterocycles. The van der Waals surface area contributed by atoms with Crippen LogP contribution in [0.15, 0.2) is 22.8 Å². The minimum absolute atomic E-state index is 0.681. The molecule has 1 aromatic rings. The Morgan fingerprint density at radius 2 is 2.31 bits per heavy atom. The molecule has 1 saturated heterocycles. The fourth-order valence-corrected chi connectivity index (χ4v) is 2.74. The zero-order chi connectivity index (χ0) is 11.5. The van der Waals surface area contributed by atoms with Crippen LogP contribution in [0.2, 0.25) is 0 Å². The lowest BCUT2D eigenvalue weighted by Gasteiger charge is -2.20. The Bertz CT molecular complexity index is 352. The third-order valence-corrected chi connectivity index (χ3v) is 3.76. The molecule has 1 aliphatic heterocycles. The van der Waals surface area contributed by atoms with E-state index in [0.29, 0.717) is 6.04 Å². The lowest BCUT2D eigenvalue weighted by molar-refractivity contribution is 0.265. The van der Waals surface area contributed by atoms with E-state index in [1.165, 1.54) is 25.2 Å². The highest BCUT2D eigenvalue weighted by molar-refractivity contribution is 9.10. The summed E-state index contributed by atoms with van der Waals surface area (Å²) in [5.74, 6) is 0.782. The average Bonchev–Trinajstić information content (AvgIpc) is 2.66. The molecule has 16 heavy (non-hydrogen) atoms. The molecule has 2 heterocycles. The van der Waals surface area contributed by atoms with Crippen LogP contribution in [0.5, 0.6) is 0 Å². The molecule has 0 N–H and O–H groups in total. The summed E-state index contributed by atoms with van der Waals surface area (Å²) in [6, 6.07) is 6.86. The Morgan fingerprint density at radius 1 is 1.50 bits per heavy atom. The molecule has 0 radical (unpaired) electrons. The van der Waals surface area contributed by atoms with Crippen LogP contribution in [0, 0.1) is 5.92 Å². The summed E-state index contributed by atoms with van der Waals surface area (Å²) in [6.45, 7) is 7.03. The normalized spacial score (nSPS) is 21.9. The molecule has 0 unspecified atom stereocenters. The van der Waals surface area contributed by atoms with Gasteiger partial charge < -0.3 is 4.90 Å². The maximum atomic E-state index is 4.50. The summed E-state index contributed by atoms with van der Waals surface area (Å²) >= 11 is 3.43. The van der Waals surface area contributed by atoms with Crippen LogP contribution in [0.4, 0.5) is 0 Å². The van der Waals surface area contributed by atoms with Crippen molar-refractivity contribution in [3.8, 4) is 0 Å². The first kappa shape index (κ1) is 12.1. The smallest absolute Gasteiger partial charge is 0.106 e. The summed E-state index contributed by atoms with van der Waals surface area (Å²) in [7, 11) is 0. The Morgan fingerprint density at radius 3 is 2.94 bits per heavy atom. The van der Waals surface area contributed by atoms with E-state index < -0.39 is 0 Å². The fourth-order valence-electron chi connectivity index (χ4n) is 2.36. The molecule has 1 fully saturated rings. The first-order chi connectivity index (χ1) is 7.65. The van der Waals surface area contributed by atoms with E-state index in [1.54, 1.807) is 0 Å². The quantitative estimate of drug-likeness (QED) is 0.792. The van der Waals surface area contributed by atoms with Crippen molar-refractivity contribution in [1.82, 2.24) is 9.88 Å². The molecule has 88 valence electrons. The molecular weight excluding hydrogens is 264 g/mol. The number of likely N-dealkylation sites (tertiary alicyclic amines) is 1. The van der Waals surface area contributed by atoms with Gasteiger partial charge in [-0.1, -0.05) is 6.07 Å². The molecule has 3 heteroatoms. The number of hydrogen-bond donors (Lipinski definition) is 0. The largest absolute Gasteiger partial charge is 0.301 e. The van der Waals surface area contributed by atoms with Gasteiger partial charge in [0.05, 0.1) is 0 Å². The first-order valence-electron chi connectivity index (χ1n) is 6.00. The second-order valence-electron chi connectivity index (χ2n) is 4.90. The second-order valence-corrected chi connectivity index (χ2v) is 5.71. The maximum absolute atomic E-state index is 4.50. The minimum Gasteiger partial charge on any atom is -0.301 e. The zero-order valence-corrected chi connectivity index (χ0v) is 11.6. The van der Waals surface area contributed by atoms with Crippen LogP contribution < -0.4 is 0 Å². The van der Waals surface area contributed by atoms with Crippen LogP contribution in [0.25, 0.3) is 0 Å². The van der Waals surface area contributed by atoms with Crippen molar-refractivity contribution in [3.63, 3.8) is 0 Å². The van der Waals surface area contributed by atoms with Gasteiger partial charge in [0.2, 0.25) is 0 Å². The highest BCUT2D eigenvalue weighted by atomic mass is 79.9. The SMILES string of the molecule is CC(C)N1CC[C@@H](Cc2cccc(Br)n2)C1. The van der Waals surface area contributed by atoms with Gasteiger partial charge in [-0.3, -0.25) is 0 Å². The molecule has 1 aliphatic rings. The van der Waals surface area contributed by atoms with Crippen molar-refractivity contribution in [2.75, 3.05) is 13.1 Å². The summed E-state index contributed by atoms with van der Waals surface area (Å²) < 4.78 is 0.948. The number of hydrogen-bond acceptors (Lipinski definition) is 2. The second kappa shape index (κ2) is 5.28. The van der Waals surface area contributed by atoms with Gasteiger partial charge in [-0.15, -0.1) is 0 Å². The summed E-state index contributed by atoms with van der Waals surface area (Å²) in [4.78, 5) is 7.06. The molecule has 0 aliphatic carbocycles. The number of aromatic nitrogens is 1. The third kappa shape index (κ3) is 3.05. The van der Waals surface area contributed by atoms with Crippen molar-refractivity contribution in [2.24, 2.45) is 5.92 Å². The zero-order valence-electron chi connectivity index (χ0n) is 9.99. The number of rotatable bonds is 3. The molecular formula is C13H19BrN2. The van der Waals surface area contributed by atoms with E-state index in [2.05, 4.69) is 51.8 Å². The average molecular weight is 283 g/mol.